The standard InChI is InChI=1S/C16H13Br2NO/c17-13-6-11(7-14(18)8-13)16(20)19-9-12-5-10-3-1-2-4-15(10)12/h1-4,6-8,12H,5,9H2,(H,19,20). The van der Waals surface area contributed by atoms with E-state index in [9.17, 15) is 4.79 Å². The Bertz CT molecular complexity index is 649. The van der Waals surface area contributed by atoms with Gasteiger partial charge < -0.3 is 5.32 Å². The van der Waals surface area contributed by atoms with Crippen LogP contribution in [0.4, 0.5) is 0 Å². The van der Waals surface area contributed by atoms with Crippen LogP contribution in [0.5, 0.6) is 0 Å². The number of hydrogen-bond donors (Lipinski definition) is 1. The molecule has 1 amide bonds. The Labute approximate surface area is 134 Å². The topological polar surface area (TPSA) is 29.1 Å². The number of rotatable bonds is 3. The van der Waals surface area contributed by atoms with Gasteiger partial charge in [0, 0.05) is 27.0 Å². The van der Waals surface area contributed by atoms with Crippen LogP contribution in [0.3, 0.4) is 0 Å². The fourth-order valence-electron chi connectivity index (χ4n) is 2.55. The van der Waals surface area contributed by atoms with Crippen LogP contribution in [-0.2, 0) is 6.42 Å². The number of amides is 1. The average molecular weight is 395 g/mol. The van der Waals surface area contributed by atoms with Crippen molar-refractivity contribution in [1.29, 1.82) is 0 Å². The van der Waals surface area contributed by atoms with Gasteiger partial charge in [0.1, 0.15) is 0 Å². The van der Waals surface area contributed by atoms with Gasteiger partial charge in [-0.15, -0.1) is 0 Å². The van der Waals surface area contributed by atoms with Gasteiger partial charge in [0.15, 0.2) is 0 Å². The molecule has 0 fully saturated rings. The van der Waals surface area contributed by atoms with E-state index in [0.29, 0.717) is 18.0 Å². The Morgan fingerprint density at radius 1 is 1.15 bits per heavy atom. The first-order valence-electron chi connectivity index (χ1n) is 6.45. The van der Waals surface area contributed by atoms with Crippen LogP contribution in [0, 0.1) is 0 Å². The SMILES string of the molecule is O=C(NCC1Cc2ccccc21)c1cc(Br)cc(Br)c1. The summed E-state index contributed by atoms with van der Waals surface area (Å²) in [5.41, 5.74) is 3.43. The quantitative estimate of drug-likeness (QED) is 0.826. The van der Waals surface area contributed by atoms with Crippen LogP contribution in [0.25, 0.3) is 0 Å². The zero-order chi connectivity index (χ0) is 14.1. The van der Waals surface area contributed by atoms with E-state index in [-0.39, 0.29) is 5.91 Å². The molecule has 0 bridgehead atoms. The lowest BCUT2D eigenvalue weighted by molar-refractivity contribution is 0.0950. The number of hydrogen-bond acceptors (Lipinski definition) is 1. The summed E-state index contributed by atoms with van der Waals surface area (Å²) in [6.07, 6.45) is 1.05. The molecule has 20 heavy (non-hydrogen) atoms. The van der Waals surface area contributed by atoms with Gasteiger partial charge in [0.05, 0.1) is 0 Å². The molecule has 3 rings (SSSR count). The van der Waals surface area contributed by atoms with E-state index in [1.807, 2.05) is 18.2 Å². The lowest BCUT2D eigenvalue weighted by Gasteiger charge is -2.30. The fourth-order valence-corrected chi connectivity index (χ4v) is 3.84. The van der Waals surface area contributed by atoms with Gasteiger partial charge >= 0.3 is 0 Å². The molecule has 102 valence electrons. The van der Waals surface area contributed by atoms with Crippen LogP contribution in [0.15, 0.2) is 51.4 Å². The number of carbonyl (C=O) groups is 1. The van der Waals surface area contributed by atoms with Gasteiger partial charge in [-0.3, -0.25) is 4.79 Å². The summed E-state index contributed by atoms with van der Waals surface area (Å²) < 4.78 is 1.79. The molecule has 1 N–H and O–H groups in total. The number of fused-ring (bicyclic) bond motifs is 1. The molecule has 0 radical (unpaired) electrons. The van der Waals surface area contributed by atoms with Gasteiger partial charge in [-0.2, -0.15) is 0 Å². The molecule has 1 aliphatic carbocycles. The summed E-state index contributed by atoms with van der Waals surface area (Å²) in [7, 11) is 0. The summed E-state index contributed by atoms with van der Waals surface area (Å²) in [5, 5.41) is 3.02. The molecule has 2 aromatic rings. The second-order valence-corrected chi connectivity index (χ2v) is 6.80. The largest absolute Gasteiger partial charge is 0.351 e. The highest BCUT2D eigenvalue weighted by Gasteiger charge is 2.25. The van der Waals surface area contributed by atoms with Gasteiger partial charge in [0.25, 0.3) is 5.91 Å². The average Bonchev–Trinajstić information content (AvgIpc) is 2.38. The van der Waals surface area contributed by atoms with E-state index in [1.165, 1.54) is 11.1 Å². The molecule has 0 spiro atoms. The molecular weight excluding hydrogens is 382 g/mol. The fraction of sp³-hybridized carbons (Fsp3) is 0.188. The van der Waals surface area contributed by atoms with Crippen molar-refractivity contribution in [2.45, 2.75) is 12.3 Å². The zero-order valence-electron chi connectivity index (χ0n) is 10.7. The molecule has 1 unspecified atom stereocenters. The molecule has 2 nitrogen and oxygen atoms in total. The summed E-state index contributed by atoms with van der Waals surface area (Å²) in [5.74, 6) is 0.419. The molecule has 4 heteroatoms. The number of benzene rings is 2. The van der Waals surface area contributed by atoms with Crippen LogP contribution in [0.2, 0.25) is 0 Å². The van der Waals surface area contributed by atoms with E-state index < -0.39 is 0 Å². The summed E-state index contributed by atoms with van der Waals surface area (Å²) in [4.78, 5) is 12.2. The highest BCUT2D eigenvalue weighted by molar-refractivity contribution is 9.11. The van der Waals surface area contributed by atoms with Crippen molar-refractivity contribution in [2.75, 3.05) is 6.54 Å². The Morgan fingerprint density at radius 2 is 1.85 bits per heavy atom. The molecule has 0 saturated heterocycles. The van der Waals surface area contributed by atoms with Gasteiger partial charge in [-0.1, -0.05) is 56.1 Å². The van der Waals surface area contributed by atoms with Crippen molar-refractivity contribution in [3.8, 4) is 0 Å². The lowest BCUT2D eigenvalue weighted by Crippen LogP contribution is -2.33. The first kappa shape index (κ1) is 13.8. The molecule has 0 saturated carbocycles. The molecule has 0 aromatic heterocycles. The molecule has 0 heterocycles. The normalized spacial score (nSPS) is 16.2. The van der Waals surface area contributed by atoms with Gasteiger partial charge in [0.2, 0.25) is 0 Å². The Balaban J connectivity index is 1.64. The maximum atomic E-state index is 12.2. The van der Waals surface area contributed by atoms with E-state index in [1.54, 1.807) is 0 Å². The smallest absolute Gasteiger partial charge is 0.251 e. The van der Waals surface area contributed by atoms with E-state index in [4.69, 9.17) is 0 Å². The first-order chi connectivity index (χ1) is 9.63. The first-order valence-corrected chi connectivity index (χ1v) is 8.04. The maximum Gasteiger partial charge on any atom is 0.251 e. The van der Waals surface area contributed by atoms with E-state index in [2.05, 4.69) is 61.4 Å². The van der Waals surface area contributed by atoms with E-state index >= 15 is 0 Å². The summed E-state index contributed by atoms with van der Waals surface area (Å²) in [6, 6.07) is 14.0. The Morgan fingerprint density at radius 3 is 2.55 bits per heavy atom. The van der Waals surface area contributed by atoms with Crippen LogP contribution < -0.4 is 5.32 Å². The molecule has 2 aromatic carbocycles. The molecule has 0 aliphatic heterocycles. The number of halogens is 2. The van der Waals surface area contributed by atoms with Crippen molar-refractivity contribution >= 4 is 37.8 Å². The second kappa shape index (κ2) is 5.70. The predicted octanol–water partition coefficient (Wildman–Crippen LogP) is 4.28. The molecule has 1 aliphatic rings. The third kappa shape index (κ3) is 2.81. The highest BCUT2D eigenvalue weighted by atomic mass is 79.9. The van der Waals surface area contributed by atoms with Gasteiger partial charge in [-0.25, -0.2) is 0 Å². The van der Waals surface area contributed by atoms with Crippen LogP contribution in [0.1, 0.15) is 27.4 Å². The van der Waals surface area contributed by atoms with Crippen molar-refractivity contribution in [3.05, 3.63) is 68.1 Å². The third-order valence-corrected chi connectivity index (χ3v) is 4.51. The van der Waals surface area contributed by atoms with Crippen molar-refractivity contribution in [1.82, 2.24) is 5.32 Å². The Hall–Kier alpha value is -1.13. The van der Waals surface area contributed by atoms with Crippen molar-refractivity contribution in [3.63, 3.8) is 0 Å². The molecule has 1 atom stereocenters. The van der Waals surface area contributed by atoms with Crippen LogP contribution >= 0.6 is 31.9 Å². The second-order valence-electron chi connectivity index (χ2n) is 4.97. The monoisotopic (exact) mass is 393 g/mol. The van der Waals surface area contributed by atoms with Crippen molar-refractivity contribution < 1.29 is 4.79 Å². The minimum absolute atomic E-state index is 0.0311. The minimum atomic E-state index is -0.0311. The van der Waals surface area contributed by atoms with E-state index in [0.717, 1.165) is 15.4 Å². The Kier molecular flexibility index (Phi) is 3.94. The van der Waals surface area contributed by atoms with Crippen molar-refractivity contribution in [2.24, 2.45) is 0 Å². The zero-order valence-corrected chi connectivity index (χ0v) is 13.9. The third-order valence-electron chi connectivity index (χ3n) is 3.59. The van der Waals surface area contributed by atoms with Gasteiger partial charge in [-0.05, 0) is 35.7 Å². The van der Waals surface area contributed by atoms with Crippen LogP contribution in [-0.4, -0.2) is 12.5 Å². The lowest BCUT2D eigenvalue weighted by atomic mass is 9.77. The number of carbonyl (C=O) groups excluding carboxylic acids is 1. The summed E-state index contributed by atoms with van der Waals surface area (Å²) in [6.45, 7) is 0.694. The highest BCUT2D eigenvalue weighted by Crippen LogP contribution is 2.34. The minimum Gasteiger partial charge on any atom is -0.351 e. The maximum absolute atomic E-state index is 12.2. The molecular formula is C16H13Br2NO. The number of nitrogens with one attached hydrogen (secondary N) is 1. The predicted molar refractivity (Wildman–Crippen MR) is 87.1 cm³/mol. The summed E-state index contributed by atoms with van der Waals surface area (Å²) >= 11 is 6.80.